The highest BCUT2D eigenvalue weighted by atomic mass is 32.2. The first-order valence-corrected chi connectivity index (χ1v) is 11.6. The SMILES string of the molecule is CCc1ccccc1NC(=O)CN1CCN(C(=O)CSc2nnc(-c3ccc[nH]3)o2)CC1. The summed E-state index contributed by atoms with van der Waals surface area (Å²) in [4.78, 5) is 31.9. The maximum atomic E-state index is 12.6. The van der Waals surface area contributed by atoms with Crippen LogP contribution in [0.5, 0.6) is 0 Å². The maximum Gasteiger partial charge on any atom is 0.277 e. The molecule has 1 aliphatic rings. The summed E-state index contributed by atoms with van der Waals surface area (Å²) in [7, 11) is 0. The van der Waals surface area contributed by atoms with Crippen molar-refractivity contribution in [2.24, 2.45) is 0 Å². The fraction of sp³-hybridized carbons (Fsp3) is 0.364. The Bertz CT molecular complexity index is 1040. The topological polar surface area (TPSA) is 107 Å². The molecule has 2 N–H and O–H groups in total. The van der Waals surface area contributed by atoms with Gasteiger partial charge in [-0.25, -0.2) is 0 Å². The van der Waals surface area contributed by atoms with Crippen molar-refractivity contribution < 1.29 is 14.0 Å². The highest BCUT2D eigenvalue weighted by molar-refractivity contribution is 7.99. The number of hydrogen-bond donors (Lipinski definition) is 2. The average Bonchev–Trinajstić information content (AvgIpc) is 3.50. The standard InChI is InChI=1S/C22H26N6O3S/c1-2-16-6-3-4-7-17(16)24-19(29)14-27-10-12-28(13-11-27)20(30)15-32-22-26-25-21(31-22)18-8-5-9-23-18/h3-9,23H,2,10-15H2,1H3,(H,24,29). The van der Waals surface area contributed by atoms with E-state index >= 15 is 0 Å². The van der Waals surface area contributed by atoms with E-state index in [9.17, 15) is 9.59 Å². The van der Waals surface area contributed by atoms with Crippen molar-refractivity contribution in [3.63, 3.8) is 0 Å². The van der Waals surface area contributed by atoms with E-state index in [-0.39, 0.29) is 17.6 Å². The Morgan fingerprint density at radius 3 is 2.69 bits per heavy atom. The number of thioether (sulfide) groups is 1. The minimum atomic E-state index is -0.0319. The van der Waals surface area contributed by atoms with Gasteiger partial charge in [-0.1, -0.05) is 36.9 Å². The Labute approximate surface area is 190 Å². The van der Waals surface area contributed by atoms with E-state index in [0.717, 1.165) is 23.4 Å². The fourth-order valence-corrected chi connectivity index (χ4v) is 4.22. The molecule has 1 saturated heterocycles. The number of aromatic amines is 1. The minimum absolute atomic E-state index is 0.0237. The molecule has 2 aromatic heterocycles. The van der Waals surface area contributed by atoms with Crippen LogP contribution in [-0.2, 0) is 16.0 Å². The van der Waals surface area contributed by atoms with Crippen molar-refractivity contribution in [3.8, 4) is 11.6 Å². The van der Waals surface area contributed by atoms with Crippen molar-refractivity contribution >= 4 is 29.3 Å². The Kier molecular flexibility index (Phi) is 7.23. The van der Waals surface area contributed by atoms with Crippen LogP contribution in [0.25, 0.3) is 11.6 Å². The van der Waals surface area contributed by atoms with Gasteiger partial charge in [-0.3, -0.25) is 14.5 Å². The Morgan fingerprint density at radius 1 is 1.12 bits per heavy atom. The number of hydrogen-bond acceptors (Lipinski definition) is 7. The lowest BCUT2D eigenvalue weighted by molar-refractivity contribution is -0.130. The van der Waals surface area contributed by atoms with E-state index in [1.54, 1.807) is 6.20 Å². The second-order valence-electron chi connectivity index (χ2n) is 7.46. The Hall–Kier alpha value is -3.11. The van der Waals surface area contributed by atoms with Gasteiger partial charge in [0.2, 0.25) is 11.8 Å². The first-order valence-electron chi connectivity index (χ1n) is 10.6. The van der Waals surface area contributed by atoms with Gasteiger partial charge in [-0.05, 0) is 30.2 Å². The first-order chi connectivity index (χ1) is 15.6. The van der Waals surface area contributed by atoms with Gasteiger partial charge in [0.05, 0.1) is 12.3 Å². The molecule has 1 aromatic carbocycles. The minimum Gasteiger partial charge on any atom is -0.410 e. The molecule has 0 bridgehead atoms. The van der Waals surface area contributed by atoms with E-state index in [0.29, 0.717) is 43.8 Å². The molecule has 0 spiro atoms. The van der Waals surface area contributed by atoms with E-state index in [4.69, 9.17) is 4.42 Å². The first kappa shape index (κ1) is 22.1. The number of aromatic nitrogens is 3. The summed E-state index contributed by atoms with van der Waals surface area (Å²) < 4.78 is 5.58. The van der Waals surface area contributed by atoms with E-state index in [2.05, 4.69) is 32.3 Å². The number of rotatable bonds is 8. The van der Waals surface area contributed by atoms with Crippen LogP contribution in [0, 0.1) is 0 Å². The number of H-pyrrole nitrogens is 1. The van der Waals surface area contributed by atoms with Gasteiger partial charge in [0.25, 0.3) is 11.1 Å². The van der Waals surface area contributed by atoms with E-state index in [1.807, 2.05) is 41.3 Å². The van der Waals surface area contributed by atoms with Crippen LogP contribution in [0.1, 0.15) is 12.5 Å². The lowest BCUT2D eigenvalue weighted by atomic mass is 10.1. The van der Waals surface area contributed by atoms with Crippen LogP contribution in [0.3, 0.4) is 0 Å². The molecular formula is C22H26N6O3S. The van der Waals surface area contributed by atoms with Gasteiger partial charge >= 0.3 is 0 Å². The monoisotopic (exact) mass is 454 g/mol. The van der Waals surface area contributed by atoms with Crippen LogP contribution in [-0.4, -0.2) is 75.3 Å². The molecule has 9 nitrogen and oxygen atoms in total. The number of anilines is 1. The van der Waals surface area contributed by atoms with Crippen molar-refractivity contribution in [3.05, 3.63) is 48.2 Å². The molecular weight excluding hydrogens is 428 g/mol. The van der Waals surface area contributed by atoms with Gasteiger partial charge < -0.3 is 19.6 Å². The molecule has 32 heavy (non-hydrogen) atoms. The number of piperazine rings is 1. The molecule has 1 fully saturated rings. The molecule has 0 saturated carbocycles. The molecule has 2 amide bonds. The Morgan fingerprint density at radius 2 is 1.94 bits per heavy atom. The summed E-state index contributed by atoms with van der Waals surface area (Å²) >= 11 is 1.23. The van der Waals surface area contributed by atoms with Gasteiger partial charge in [0.15, 0.2) is 0 Å². The maximum absolute atomic E-state index is 12.6. The highest BCUT2D eigenvalue weighted by Crippen LogP contribution is 2.22. The summed E-state index contributed by atoms with van der Waals surface area (Å²) in [5, 5.41) is 11.3. The zero-order valence-corrected chi connectivity index (χ0v) is 18.7. The largest absolute Gasteiger partial charge is 0.410 e. The van der Waals surface area contributed by atoms with E-state index in [1.165, 1.54) is 11.8 Å². The molecule has 4 rings (SSSR count). The molecule has 0 aliphatic carbocycles. The zero-order valence-electron chi connectivity index (χ0n) is 17.9. The van der Waals surface area contributed by atoms with Crippen molar-refractivity contribution in [1.29, 1.82) is 0 Å². The third-order valence-electron chi connectivity index (χ3n) is 5.32. The third kappa shape index (κ3) is 5.57. The van der Waals surface area contributed by atoms with Crippen LogP contribution < -0.4 is 5.32 Å². The summed E-state index contributed by atoms with van der Waals surface area (Å²) in [5.41, 5.74) is 2.73. The number of nitrogens with one attached hydrogen (secondary N) is 2. The van der Waals surface area contributed by atoms with E-state index < -0.39 is 0 Å². The lowest BCUT2D eigenvalue weighted by Gasteiger charge is -2.34. The number of benzene rings is 1. The number of nitrogens with zero attached hydrogens (tertiary/aromatic N) is 4. The van der Waals surface area contributed by atoms with Gasteiger partial charge in [0, 0.05) is 38.1 Å². The van der Waals surface area contributed by atoms with Crippen molar-refractivity contribution in [1.82, 2.24) is 25.0 Å². The smallest absolute Gasteiger partial charge is 0.277 e. The van der Waals surface area contributed by atoms with Gasteiger partial charge in [-0.15, -0.1) is 10.2 Å². The van der Waals surface area contributed by atoms with Crippen LogP contribution in [0.15, 0.2) is 52.2 Å². The number of carbonyl (C=O) groups excluding carboxylic acids is 2. The predicted octanol–water partition coefficient (Wildman–Crippen LogP) is 2.50. The molecule has 168 valence electrons. The molecule has 3 heterocycles. The average molecular weight is 455 g/mol. The normalized spacial score (nSPS) is 14.5. The van der Waals surface area contributed by atoms with Crippen LogP contribution in [0.4, 0.5) is 5.69 Å². The summed E-state index contributed by atoms with van der Waals surface area (Å²) in [6.07, 6.45) is 2.65. The van der Waals surface area contributed by atoms with Crippen LogP contribution >= 0.6 is 11.8 Å². The number of aryl methyl sites for hydroxylation is 1. The molecule has 3 aromatic rings. The fourth-order valence-electron chi connectivity index (χ4n) is 3.55. The lowest BCUT2D eigenvalue weighted by Crippen LogP contribution is -2.50. The second kappa shape index (κ2) is 10.5. The quantitative estimate of drug-likeness (QED) is 0.504. The van der Waals surface area contributed by atoms with Gasteiger partial charge in [0.1, 0.15) is 5.69 Å². The summed E-state index contributed by atoms with van der Waals surface area (Å²) in [6.45, 7) is 4.90. The predicted molar refractivity (Wildman–Crippen MR) is 122 cm³/mol. The highest BCUT2D eigenvalue weighted by Gasteiger charge is 2.23. The number of carbonyl (C=O) groups is 2. The van der Waals surface area contributed by atoms with Crippen LogP contribution in [0.2, 0.25) is 0 Å². The third-order valence-corrected chi connectivity index (χ3v) is 6.12. The summed E-state index contributed by atoms with van der Waals surface area (Å²) in [6, 6.07) is 11.5. The molecule has 0 radical (unpaired) electrons. The zero-order chi connectivity index (χ0) is 22.3. The summed E-state index contributed by atoms with van der Waals surface area (Å²) in [5.74, 6) is 0.630. The molecule has 10 heteroatoms. The van der Waals surface area contributed by atoms with Crippen molar-refractivity contribution in [2.45, 2.75) is 18.6 Å². The van der Waals surface area contributed by atoms with Gasteiger partial charge in [-0.2, -0.15) is 0 Å². The molecule has 0 unspecified atom stereocenters. The number of amides is 2. The molecule has 0 atom stereocenters. The number of para-hydroxylation sites is 1. The Balaban J connectivity index is 1.19. The van der Waals surface area contributed by atoms with Crippen molar-refractivity contribution in [2.75, 3.05) is 43.8 Å². The second-order valence-corrected chi connectivity index (χ2v) is 8.39. The molecule has 1 aliphatic heterocycles.